The van der Waals surface area contributed by atoms with Gasteiger partial charge in [-0.15, -0.1) is 0 Å². The van der Waals surface area contributed by atoms with Gasteiger partial charge in [0, 0.05) is 40.7 Å². The average Bonchev–Trinajstić information content (AvgIpc) is 3.67. The van der Waals surface area contributed by atoms with Crippen molar-refractivity contribution in [3.05, 3.63) is 92.7 Å². The molecule has 0 aromatic heterocycles. The molecule has 11 nitrogen and oxygen atoms in total. The number of carbonyl (C=O) groups is 4. The molecule has 0 amide bonds. The van der Waals surface area contributed by atoms with Crippen LogP contribution in [-0.4, -0.2) is 62.4 Å². The van der Waals surface area contributed by atoms with Crippen molar-refractivity contribution in [3.8, 4) is 0 Å². The van der Waals surface area contributed by atoms with Crippen molar-refractivity contribution < 1.29 is 34.5 Å². The van der Waals surface area contributed by atoms with Crippen molar-refractivity contribution in [1.82, 2.24) is 0 Å². The minimum Gasteiger partial charge on any atom is -0.481 e. The second-order valence-electron chi connectivity index (χ2n) is 11.3. The van der Waals surface area contributed by atoms with E-state index in [9.17, 15) is 34.5 Å². The van der Waals surface area contributed by atoms with Crippen LogP contribution in [0.4, 0.5) is 0 Å². The van der Waals surface area contributed by atoms with Gasteiger partial charge in [-0.3, -0.25) is 19.4 Å². The number of allylic oxidation sites excluding steroid dienone is 10. The maximum atomic E-state index is 12.7. The molecule has 0 aromatic rings. The Morgan fingerprint density at radius 2 is 1.53 bits per heavy atom. The van der Waals surface area contributed by atoms with Crippen molar-refractivity contribution >= 4 is 47.0 Å². The fraction of sp³-hybridized carbons (Fsp3) is 0.294. The summed E-state index contributed by atoms with van der Waals surface area (Å²) in [4.78, 5) is 68.0. The number of carbonyl (C=O) groups excluding carboxylic acids is 1. The summed E-state index contributed by atoms with van der Waals surface area (Å²) >= 11 is 0. The van der Waals surface area contributed by atoms with Crippen molar-refractivity contribution in [2.45, 2.75) is 53.4 Å². The van der Waals surface area contributed by atoms with Gasteiger partial charge in [0.25, 0.3) is 0 Å². The van der Waals surface area contributed by atoms with Crippen molar-refractivity contribution in [3.63, 3.8) is 0 Å². The quantitative estimate of drug-likeness (QED) is 0.304. The SMILES string of the molecule is C=CC1=C(C)C2=CC3=NC(=C(CC(=O)O)C4=NC(=CC5=NC(=CC1=N2)C(C=O)=C5CC)C(C)=C4C(=O)O)[C@@H](CCC(=O)O)[C@@H]3C. The number of hydrogen-bond donors (Lipinski definition) is 3. The minimum atomic E-state index is -1.30. The van der Waals surface area contributed by atoms with Crippen LogP contribution in [0, 0.1) is 11.8 Å². The summed E-state index contributed by atoms with van der Waals surface area (Å²) in [6.07, 6.45) is 7.34. The molecular formula is C34H32N4O7. The molecule has 5 heterocycles. The highest BCUT2D eigenvalue weighted by molar-refractivity contribution is 6.30. The second kappa shape index (κ2) is 12.0. The van der Waals surface area contributed by atoms with E-state index in [2.05, 4.69) is 11.6 Å². The molecular weight excluding hydrogens is 576 g/mol. The van der Waals surface area contributed by atoms with Crippen LogP contribution in [0.3, 0.4) is 0 Å². The summed E-state index contributed by atoms with van der Waals surface area (Å²) in [5.41, 5.74) is 5.79. The van der Waals surface area contributed by atoms with Crippen LogP contribution in [0.15, 0.2) is 113 Å². The number of carboxylic acid groups (broad SMARTS) is 3. The van der Waals surface area contributed by atoms with Gasteiger partial charge in [-0.2, -0.15) is 0 Å². The highest BCUT2D eigenvalue weighted by Gasteiger charge is 2.39. The Bertz CT molecular complexity index is 1850. The molecule has 0 aromatic carbocycles. The predicted molar refractivity (Wildman–Crippen MR) is 169 cm³/mol. The Hall–Kier alpha value is -5.32. The van der Waals surface area contributed by atoms with Gasteiger partial charge in [-0.25, -0.2) is 19.8 Å². The van der Waals surface area contributed by atoms with E-state index in [0.29, 0.717) is 57.4 Å². The van der Waals surface area contributed by atoms with E-state index in [1.165, 1.54) is 0 Å². The first-order chi connectivity index (χ1) is 21.4. The normalized spacial score (nSPS) is 22.5. The topological polar surface area (TPSA) is 178 Å². The molecule has 45 heavy (non-hydrogen) atoms. The van der Waals surface area contributed by atoms with Gasteiger partial charge >= 0.3 is 17.9 Å². The molecule has 230 valence electrons. The van der Waals surface area contributed by atoms with Gasteiger partial charge in [0.05, 0.1) is 51.9 Å². The largest absolute Gasteiger partial charge is 0.481 e. The summed E-state index contributed by atoms with van der Waals surface area (Å²) in [5, 5.41) is 29.8. The van der Waals surface area contributed by atoms with Gasteiger partial charge < -0.3 is 15.3 Å². The van der Waals surface area contributed by atoms with Gasteiger partial charge in [-0.05, 0) is 61.6 Å². The number of nitrogens with zero attached hydrogens (tertiary/aromatic N) is 4. The van der Waals surface area contributed by atoms with E-state index in [-0.39, 0.29) is 41.3 Å². The van der Waals surface area contributed by atoms with Crippen LogP contribution in [-0.2, 0) is 19.2 Å². The van der Waals surface area contributed by atoms with Crippen LogP contribution < -0.4 is 0 Å². The molecule has 0 radical (unpaired) electrons. The van der Waals surface area contributed by atoms with Gasteiger partial charge in [0.1, 0.15) is 0 Å². The second-order valence-corrected chi connectivity index (χ2v) is 11.3. The van der Waals surface area contributed by atoms with Crippen LogP contribution in [0.5, 0.6) is 0 Å². The molecule has 5 aliphatic heterocycles. The lowest BCUT2D eigenvalue weighted by Gasteiger charge is -2.19. The zero-order chi connectivity index (χ0) is 32.7. The smallest absolute Gasteiger partial charge is 0.338 e. The van der Waals surface area contributed by atoms with Crippen molar-refractivity contribution in [1.29, 1.82) is 0 Å². The van der Waals surface area contributed by atoms with E-state index in [0.717, 1.165) is 17.4 Å². The first kappa shape index (κ1) is 31.1. The third-order valence-electron chi connectivity index (χ3n) is 8.67. The molecule has 2 atom stereocenters. The Balaban J connectivity index is 1.89. The zero-order valence-electron chi connectivity index (χ0n) is 25.3. The Morgan fingerprint density at radius 1 is 0.867 bits per heavy atom. The van der Waals surface area contributed by atoms with E-state index in [1.807, 2.05) is 20.8 Å². The molecule has 0 unspecified atom stereocenters. The van der Waals surface area contributed by atoms with E-state index < -0.39 is 30.2 Å². The fourth-order valence-electron chi connectivity index (χ4n) is 6.31. The maximum Gasteiger partial charge on any atom is 0.338 e. The first-order valence-corrected chi connectivity index (χ1v) is 14.5. The number of aldehydes is 1. The number of carboxylic acids is 3. The molecule has 11 heteroatoms. The van der Waals surface area contributed by atoms with Crippen molar-refractivity contribution in [2.24, 2.45) is 31.8 Å². The van der Waals surface area contributed by atoms with E-state index in [1.54, 1.807) is 31.2 Å². The molecule has 5 aliphatic rings. The summed E-state index contributed by atoms with van der Waals surface area (Å²) in [6.45, 7) is 11.2. The third-order valence-corrected chi connectivity index (χ3v) is 8.67. The Labute approximate surface area is 259 Å². The van der Waals surface area contributed by atoms with Crippen molar-refractivity contribution in [2.75, 3.05) is 0 Å². The lowest BCUT2D eigenvalue weighted by molar-refractivity contribution is -0.138. The average molecular weight is 609 g/mol. The standard InChI is InChI=1S/C34H32N4O7/c1-6-18-15(3)23-11-24-16(4)20(8-9-29(40)41)32(37-24)21(10-30(42)43)33-31(34(44)45)17(5)25(38-33)12-27-19(7-2)22(14-39)28(36-27)13-26(18)35-23/h6,11-14,16,20H,1,7-10H2,2-5H3,(H,40,41)(H,42,43)(H,44,45)/t16-,20-/m0/s1. The molecule has 0 aliphatic carbocycles. The monoisotopic (exact) mass is 608 g/mol. The number of fused-ring (bicyclic) bond motifs is 4. The van der Waals surface area contributed by atoms with Gasteiger partial charge in [-0.1, -0.05) is 26.5 Å². The highest BCUT2D eigenvalue weighted by atomic mass is 16.4. The number of rotatable bonds is 9. The zero-order valence-corrected chi connectivity index (χ0v) is 25.3. The summed E-state index contributed by atoms with van der Waals surface area (Å²) in [5.74, 6) is -4.41. The Morgan fingerprint density at radius 3 is 2.13 bits per heavy atom. The maximum absolute atomic E-state index is 12.7. The lowest BCUT2D eigenvalue weighted by atomic mass is 9.83. The molecule has 0 saturated heterocycles. The highest BCUT2D eigenvalue weighted by Crippen LogP contribution is 2.42. The molecule has 0 fully saturated rings. The predicted octanol–water partition coefficient (Wildman–Crippen LogP) is 5.13. The number of hydrogen-bond acceptors (Lipinski definition) is 8. The van der Waals surface area contributed by atoms with Crippen LogP contribution >= 0.6 is 0 Å². The summed E-state index contributed by atoms with van der Waals surface area (Å²) < 4.78 is 0. The fourth-order valence-corrected chi connectivity index (χ4v) is 6.31. The third kappa shape index (κ3) is 5.45. The van der Waals surface area contributed by atoms with Gasteiger partial charge in [0.2, 0.25) is 0 Å². The van der Waals surface area contributed by atoms with Crippen LogP contribution in [0.25, 0.3) is 0 Å². The lowest BCUT2D eigenvalue weighted by Crippen LogP contribution is -2.21. The molecule has 0 spiro atoms. The summed E-state index contributed by atoms with van der Waals surface area (Å²) in [6, 6.07) is 0. The summed E-state index contributed by atoms with van der Waals surface area (Å²) in [7, 11) is 0. The van der Waals surface area contributed by atoms with E-state index >= 15 is 0 Å². The number of aliphatic carboxylic acids is 3. The van der Waals surface area contributed by atoms with Crippen LogP contribution in [0.2, 0.25) is 0 Å². The first-order valence-electron chi connectivity index (χ1n) is 14.5. The number of aliphatic imine (C=N–C) groups is 4. The molecule has 3 N–H and O–H groups in total. The molecule has 0 saturated carbocycles. The Kier molecular flexibility index (Phi) is 8.29. The van der Waals surface area contributed by atoms with Gasteiger partial charge in [0.15, 0.2) is 6.29 Å². The molecule has 5 rings (SSSR count). The van der Waals surface area contributed by atoms with Crippen LogP contribution in [0.1, 0.15) is 53.4 Å². The molecule has 8 bridgehead atoms. The minimum absolute atomic E-state index is 0.0425. The van der Waals surface area contributed by atoms with E-state index in [4.69, 9.17) is 15.0 Å².